The first kappa shape index (κ1) is 27.8. The molecule has 0 radical (unpaired) electrons. The van der Waals surface area contributed by atoms with Gasteiger partial charge in [0.25, 0.3) is 0 Å². The van der Waals surface area contributed by atoms with Crippen LogP contribution in [0.4, 0.5) is 10.5 Å². The van der Waals surface area contributed by atoms with E-state index in [4.69, 9.17) is 14.7 Å². The number of imidazole rings is 1. The number of hydrogen-bond donors (Lipinski definition) is 1. The molecule has 5 aromatic rings. The van der Waals surface area contributed by atoms with E-state index < -0.39 is 17.2 Å². The highest BCUT2D eigenvalue weighted by molar-refractivity contribution is 5.84. The van der Waals surface area contributed by atoms with Crippen LogP contribution in [0.5, 0.6) is 0 Å². The van der Waals surface area contributed by atoms with Gasteiger partial charge >= 0.3 is 6.09 Å². The van der Waals surface area contributed by atoms with E-state index in [1.54, 1.807) is 6.20 Å². The van der Waals surface area contributed by atoms with Crippen molar-refractivity contribution in [1.29, 1.82) is 0 Å². The minimum Gasteiger partial charge on any atom is -0.444 e. The van der Waals surface area contributed by atoms with Crippen molar-refractivity contribution >= 4 is 11.8 Å². The fourth-order valence-corrected chi connectivity index (χ4v) is 5.49. The Balaban J connectivity index is 1.63. The Bertz CT molecular complexity index is 1490. The lowest BCUT2D eigenvalue weighted by atomic mass is 9.76. The van der Waals surface area contributed by atoms with E-state index in [-0.39, 0.29) is 5.92 Å². The number of aromatic nitrogens is 3. The molecule has 0 aliphatic carbocycles. The van der Waals surface area contributed by atoms with Crippen LogP contribution in [0.25, 0.3) is 0 Å². The fourth-order valence-electron chi connectivity index (χ4n) is 5.49. The zero-order valence-electron chi connectivity index (χ0n) is 24.2. The van der Waals surface area contributed by atoms with Gasteiger partial charge in [-0.2, -0.15) is 0 Å². The summed E-state index contributed by atoms with van der Waals surface area (Å²) in [5.74, 6) is -0.0939. The number of benzene rings is 3. The molecule has 0 aliphatic rings. The maximum atomic E-state index is 12.3. The molecule has 0 spiro atoms. The molecule has 6 heteroatoms. The quantitative estimate of drug-likeness (QED) is 0.211. The summed E-state index contributed by atoms with van der Waals surface area (Å²) in [7, 11) is 0. The van der Waals surface area contributed by atoms with Crippen molar-refractivity contribution in [3.8, 4) is 0 Å². The Hall–Kier alpha value is -4.71. The number of pyridine rings is 1. The average molecular weight is 545 g/mol. The summed E-state index contributed by atoms with van der Waals surface area (Å²) in [5.41, 5.74) is 5.58. The largest absolute Gasteiger partial charge is 0.444 e. The smallest absolute Gasteiger partial charge is 0.412 e. The van der Waals surface area contributed by atoms with Gasteiger partial charge in [-0.15, -0.1) is 0 Å². The molecule has 1 atom stereocenters. The van der Waals surface area contributed by atoms with Crippen LogP contribution in [0.3, 0.4) is 0 Å². The summed E-state index contributed by atoms with van der Waals surface area (Å²) >= 11 is 0. The number of nitrogens with one attached hydrogen (secondary N) is 1. The van der Waals surface area contributed by atoms with Crippen molar-refractivity contribution in [2.24, 2.45) is 0 Å². The molecule has 0 unspecified atom stereocenters. The molecule has 208 valence electrons. The highest BCUT2D eigenvalue weighted by Crippen LogP contribution is 2.43. The molecule has 41 heavy (non-hydrogen) atoms. The predicted octanol–water partition coefficient (Wildman–Crippen LogP) is 7.93. The van der Waals surface area contributed by atoms with Crippen molar-refractivity contribution in [2.75, 3.05) is 5.32 Å². The van der Waals surface area contributed by atoms with E-state index >= 15 is 0 Å². The zero-order chi connectivity index (χ0) is 29.0. The average Bonchev–Trinajstić information content (AvgIpc) is 3.35. The van der Waals surface area contributed by atoms with E-state index in [0.29, 0.717) is 5.69 Å². The lowest BCUT2D eigenvalue weighted by molar-refractivity contribution is 0.0636. The standard InChI is InChI=1S/C35H36N4O2/c1-25(31-22-21-30(23-36-31)38-33(40)41-34(3,4)5)32-26(2)37-24-39(32)35(27-15-9-6-10-16-27,28-17-11-7-12-18-28)29-19-13-8-14-20-29/h6-25H,1-5H3,(H,38,40)/t25-/m0/s1. The Labute approximate surface area is 242 Å². The van der Waals surface area contributed by atoms with Gasteiger partial charge in [-0.25, -0.2) is 9.78 Å². The van der Waals surface area contributed by atoms with E-state index in [2.05, 4.69) is 89.6 Å². The molecule has 1 amide bonds. The van der Waals surface area contributed by atoms with Crippen molar-refractivity contribution in [3.63, 3.8) is 0 Å². The summed E-state index contributed by atoms with van der Waals surface area (Å²) in [6.45, 7) is 9.70. The first-order valence-corrected chi connectivity index (χ1v) is 13.9. The highest BCUT2D eigenvalue weighted by atomic mass is 16.6. The zero-order valence-corrected chi connectivity index (χ0v) is 24.2. The third-order valence-electron chi connectivity index (χ3n) is 7.22. The van der Waals surface area contributed by atoms with Crippen LogP contribution < -0.4 is 5.32 Å². The number of amides is 1. The summed E-state index contributed by atoms with van der Waals surface area (Å²) in [5, 5.41) is 2.77. The number of aryl methyl sites for hydroxylation is 1. The summed E-state index contributed by atoms with van der Waals surface area (Å²) in [6, 6.07) is 35.5. The lowest BCUT2D eigenvalue weighted by Crippen LogP contribution is -2.39. The van der Waals surface area contributed by atoms with Crippen molar-refractivity contribution in [3.05, 3.63) is 149 Å². The van der Waals surface area contributed by atoms with E-state index in [1.807, 2.05) is 64.4 Å². The van der Waals surface area contributed by atoms with Gasteiger partial charge < -0.3 is 9.30 Å². The number of nitrogens with zero attached hydrogens (tertiary/aromatic N) is 3. The second-order valence-electron chi connectivity index (χ2n) is 11.2. The lowest BCUT2D eigenvalue weighted by Gasteiger charge is -2.39. The third-order valence-corrected chi connectivity index (χ3v) is 7.22. The van der Waals surface area contributed by atoms with Gasteiger partial charge in [0.05, 0.1) is 29.6 Å². The van der Waals surface area contributed by atoms with E-state index in [0.717, 1.165) is 33.8 Å². The maximum Gasteiger partial charge on any atom is 0.412 e. The fraction of sp³-hybridized carbons (Fsp3) is 0.229. The molecule has 0 fully saturated rings. The number of hydrogen-bond acceptors (Lipinski definition) is 4. The normalized spacial score (nSPS) is 12.5. The Morgan fingerprint density at radius 2 is 1.29 bits per heavy atom. The van der Waals surface area contributed by atoms with Gasteiger partial charge in [-0.1, -0.05) is 97.9 Å². The molecule has 2 heterocycles. The molecular formula is C35H36N4O2. The monoisotopic (exact) mass is 544 g/mol. The molecule has 0 saturated heterocycles. The van der Waals surface area contributed by atoms with Crippen LogP contribution in [0.15, 0.2) is 116 Å². The molecule has 3 aromatic carbocycles. The van der Waals surface area contributed by atoms with Crippen LogP contribution in [-0.2, 0) is 10.3 Å². The summed E-state index contributed by atoms with van der Waals surface area (Å²) < 4.78 is 7.69. The molecule has 6 nitrogen and oxygen atoms in total. The molecule has 0 bridgehead atoms. The van der Waals surface area contributed by atoms with Gasteiger partial charge in [-0.05, 0) is 56.5 Å². The Morgan fingerprint density at radius 1 is 0.780 bits per heavy atom. The van der Waals surface area contributed by atoms with Gasteiger partial charge in [0.1, 0.15) is 11.1 Å². The van der Waals surface area contributed by atoms with Crippen LogP contribution >= 0.6 is 0 Å². The summed E-state index contributed by atoms with van der Waals surface area (Å²) in [4.78, 5) is 21.9. The van der Waals surface area contributed by atoms with E-state index in [1.165, 1.54) is 0 Å². The van der Waals surface area contributed by atoms with Gasteiger partial charge in [-0.3, -0.25) is 10.3 Å². The molecule has 2 aromatic heterocycles. The van der Waals surface area contributed by atoms with E-state index in [9.17, 15) is 4.79 Å². The van der Waals surface area contributed by atoms with Crippen LogP contribution in [0.2, 0.25) is 0 Å². The second-order valence-corrected chi connectivity index (χ2v) is 11.2. The predicted molar refractivity (Wildman–Crippen MR) is 163 cm³/mol. The number of carbonyl (C=O) groups excluding carboxylic acids is 1. The van der Waals surface area contributed by atoms with Crippen LogP contribution in [0, 0.1) is 6.92 Å². The van der Waals surface area contributed by atoms with Gasteiger partial charge in [0.15, 0.2) is 0 Å². The first-order chi connectivity index (χ1) is 19.7. The van der Waals surface area contributed by atoms with Gasteiger partial charge in [0.2, 0.25) is 0 Å². The number of anilines is 1. The molecule has 0 saturated carbocycles. The summed E-state index contributed by atoms with van der Waals surface area (Å²) in [6.07, 6.45) is 3.12. The Morgan fingerprint density at radius 3 is 1.73 bits per heavy atom. The molecule has 1 N–H and O–H groups in total. The SMILES string of the molecule is Cc1ncn(C(c2ccccc2)(c2ccccc2)c2ccccc2)c1[C@@H](C)c1ccc(NC(=O)OC(C)(C)C)cn1. The number of carbonyl (C=O) groups is 1. The number of ether oxygens (including phenoxy) is 1. The minimum absolute atomic E-state index is 0.0939. The second kappa shape index (κ2) is 11.4. The first-order valence-electron chi connectivity index (χ1n) is 13.9. The minimum atomic E-state index is -0.674. The molecular weight excluding hydrogens is 508 g/mol. The Kier molecular flexibility index (Phi) is 7.75. The molecule has 5 rings (SSSR count). The van der Waals surface area contributed by atoms with Crippen molar-refractivity contribution in [1.82, 2.24) is 14.5 Å². The van der Waals surface area contributed by atoms with Crippen molar-refractivity contribution < 1.29 is 9.53 Å². The topological polar surface area (TPSA) is 69.0 Å². The highest BCUT2D eigenvalue weighted by Gasteiger charge is 2.41. The third kappa shape index (κ3) is 5.64. The van der Waals surface area contributed by atoms with Crippen LogP contribution in [0.1, 0.15) is 67.4 Å². The van der Waals surface area contributed by atoms with Gasteiger partial charge in [0, 0.05) is 11.6 Å². The molecule has 0 aliphatic heterocycles. The maximum absolute atomic E-state index is 12.3. The van der Waals surface area contributed by atoms with Crippen LogP contribution in [-0.4, -0.2) is 26.2 Å². The number of rotatable bonds is 7. The van der Waals surface area contributed by atoms with Crippen molar-refractivity contribution in [2.45, 2.75) is 51.7 Å².